The molecule has 1 aromatic carbocycles. The number of nitrogens with one attached hydrogen (secondary N) is 1. The maximum atomic E-state index is 10.3. The lowest BCUT2D eigenvalue weighted by Gasteiger charge is -2.34. The molecule has 0 amide bonds. The van der Waals surface area contributed by atoms with Crippen LogP contribution in [-0.2, 0) is 0 Å². The Morgan fingerprint density at radius 3 is 2.77 bits per heavy atom. The Balaban J connectivity index is 1.71. The highest BCUT2D eigenvalue weighted by molar-refractivity contribution is 5.72. The molecule has 3 heterocycles. The molecule has 2 aromatic heterocycles. The molecule has 7 nitrogen and oxygen atoms in total. The monoisotopic (exact) mass is 418 g/mol. The van der Waals surface area contributed by atoms with Crippen LogP contribution in [0.3, 0.4) is 0 Å². The number of methoxy groups -OCH3 is 1. The summed E-state index contributed by atoms with van der Waals surface area (Å²) in [6.45, 7) is 2.52. The number of aliphatic hydroxyl groups is 1. The van der Waals surface area contributed by atoms with Gasteiger partial charge in [0.05, 0.1) is 25.5 Å². The van der Waals surface area contributed by atoms with Gasteiger partial charge in [-0.1, -0.05) is 0 Å². The van der Waals surface area contributed by atoms with Gasteiger partial charge in [-0.2, -0.15) is 5.10 Å². The molecule has 2 atom stereocenters. The first-order chi connectivity index (χ1) is 15.2. The molecule has 0 saturated heterocycles. The number of ether oxygens (including phenoxy) is 2. The van der Waals surface area contributed by atoms with Gasteiger partial charge in [0.15, 0.2) is 17.3 Å². The summed E-state index contributed by atoms with van der Waals surface area (Å²) >= 11 is 0. The fourth-order valence-electron chi connectivity index (χ4n) is 4.51. The van der Waals surface area contributed by atoms with Gasteiger partial charge in [0.2, 0.25) is 0 Å². The quantitative estimate of drug-likeness (QED) is 0.654. The molecule has 7 heteroatoms. The van der Waals surface area contributed by atoms with Crippen LogP contribution in [0.5, 0.6) is 11.5 Å². The highest BCUT2D eigenvalue weighted by Crippen LogP contribution is 2.30. The first-order valence-corrected chi connectivity index (χ1v) is 10.7. The van der Waals surface area contributed by atoms with Crippen molar-refractivity contribution in [2.24, 2.45) is 0 Å². The smallest absolute Gasteiger partial charge is 0.161 e. The summed E-state index contributed by atoms with van der Waals surface area (Å²) in [6.07, 6.45) is 7.50. The van der Waals surface area contributed by atoms with E-state index in [4.69, 9.17) is 9.47 Å². The summed E-state index contributed by atoms with van der Waals surface area (Å²) in [6, 6.07) is 10.2. The molecule has 160 valence electrons. The van der Waals surface area contributed by atoms with E-state index in [2.05, 4.69) is 27.5 Å². The van der Waals surface area contributed by atoms with E-state index in [0.29, 0.717) is 18.8 Å². The van der Waals surface area contributed by atoms with Gasteiger partial charge in [0, 0.05) is 35.4 Å². The largest absolute Gasteiger partial charge is 0.493 e. The van der Waals surface area contributed by atoms with Crippen LogP contribution in [0.2, 0.25) is 0 Å². The van der Waals surface area contributed by atoms with Gasteiger partial charge < -0.3 is 19.9 Å². The van der Waals surface area contributed by atoms with Crippen molar-refractivity contribution in [2.75, 3.05) is 13.7 Å². The Labute approximate surface area is 180 Å². The lowest BCUT2D eigenvalue weighted by Crippen LogP contribution is -2.49. The molecule has 2 aliphatic rings. The number of pyridine rings is 1. The SMILES string of the molecule is CCOc1cc2c(cc1OC)=C(c1ccc(-n3cccn3)nc1)N[C@@H]1CC[C@@H](O)CC=21. The molecule has 0 spiro atoms. The average molecular weight is 418 g/mol. The summed E-state index contributed by atoms with van der Waals surface area (Å²) in [5, 5.41) is 20.4. The molecule has 3 aromatic rings. The number of aliphatic hydroxyl groups excluding tert-OH is 1. The molecule has 0 unspecified atom stereocenters. The minimum absolute atomic E-state index is 0.180. The van der Waals surface area contributed by atoms with E-state index in [1.54, 1.807) is 18.0 Å². The number of aromatic nitrogens is 3. The molecule has 1 aliphatic heterocycles. The lowest BCUT2D eigenvalue weighted by molar-refractivity contribution is 0.152. The Hall–Kier alpha value is -3.32. The minimum Gasteiger partial charge on any atom is -0.493 e. The van der Waals surface area contributed by atoms with E-state index in [1.165, 1.54) is 5.57 Å². The van der Waals surface area contributed by atoms with Crippen molar-refractivity contribution in [2.45, 2.75) is 38.3 Å². The number of hydrogen-bond acceptors (Lipinski definition) is 6. The van der Waals surface area contributed by atoms with Gasteiger partial charge in [-0.3, -0.25) is 0 Å². The summed E-state index contributed by atoms with van der Waals surface area (Å²) in [5.41, 5.74) is 3.23. The number of rotatable bonds is 5. The second-order valence-electron chi connectivity index (χ2n) is 7.87. The summed E-state index contributed by atoms with van der Waals surface area (Å²) in [4.78, 5) is 4.61. The third-order valence-electron chi connectivity index (χ3n) is 5.98. The van der Waals surface area contributed by atoms with Crippen LogP contribution in [-0.4, -0.2) is 45.7 Å². The normalized spacial score (nSPS) is 20.0. The van der Waals surface area contributed by atoms with E-state index in [1.807, 2.05) is 37.5 Å². The van der Waals surface area contributed by atoms with Gasteiger partial charge in [-0.15, -0.1) is 0 Å². The molecule has 1 saturated carbocycles. The van der Waals surface area contributed by atoms with Crippen LogP contribution in [0.1, 0.15) is 31.7 Å². The van der Waals surface area contributed by atoms with Gasteiger partial charge in [-0.25, -0.2) is 9.67 Å². The second kappa shape index (κ2) is 8.07. The zero-order chi connectivity index (χ0) is 21.4. The number of nitrogens with zero attached hydrogens (tertiary/aromatic N) is 3. The van der Waals surface area contributed by atoms with Crippen molar-refractivity contribution in [1.29, 1.82) is 0 Å². The van der Waals surface area contributed by atoms with Crippen molar-refractivity contribution in [3.05, 3.63) is 64.9 Å². The summed E-state index contributed by atoms with van der Waals surface area (Å²) < 4.78 is 13.2. The zero-order valence-electron chi connectivity index (χ0n) is 17.7. The van der Waals surface area contributed by atoms with E-state index >= 15 is 0 Å². The van der Waals surface area contributed by atoms with E-state index < -0.39 is 0 Å². The van der Waals surface area contributed by atoms with Crippen molar-refractivity contribution >= 4 is 11.3 Å². The van der Waals surface area contributed by atoms with Crippen LogP contribution >= 0.6 is 0 Å². The lowest BCUT2D eigenvalue weighted by atomic mass is 9.83. The first-order valence-electron chi connectivity index (χ1n) is 10.7. The number of fused-ring (bicyclic) bond motifs is 2. The molecule has 0 radical (unpaired) electrons. The summed E-state index contributed by atoms with van der Waals surface area (Å²) in [5.74, 6) is 2.18. The standard InChI is InChI=1S/C24H26N4O3/c1-3-31-22-12-17-18-11-16(29)6-7-20(18)27-24(19(17)13-21(22)30-2)15-5-8-23(25-14-15)28-10-4-9-26-28/h4-5,8-10,12-14,16,20,27,29H,3,6-7,11H2,1-2H3/t16-,20-/m1/s1. The van der Waals surface area contributed by atoms with Gasteiger partial charge >= 0.3 is 0 Å². The molecular weight excluding hydrogens is 392 g/mol. The molecule has 5 rings (SSSR count). The highest BCUT2D eigenvalue weighted by atomic mass is 16.5. The van der Waals surface area contributed by atoms with E-state index in [9.17, 15) is 5.11 Å². The number of hydrogen-bond donors (Lipinski definition) is 2. The molecule has 0 bridgehead atoms. The van der Waals surface area contributed by atoms with Crippen LogP contribution in [0.15, 0.2) is 48.9 Å². The van der Waals surface area contributed by atoms with Gasteiger partial charge in [-0.05, 0) is 67.3 Å². The van der Waals surface area contributed by atoms with Crippen molar-refractivity contribution in [3.8, 4) is 17.3 Å². The zero-order valence-corrected chi connectivity index (χ0v) is 17.7. The topological polar surface area (TPSA) is 81.4 Å². The predicted molar refractivity (Wildman–Crippen MR) is 117 cm³/mol. The fourth-order valence-corrected chi connectivity index (χ4v) is 4.51. The van der Waals surface area contributed by atoms with E-state index in [0.717, 1.165) is 46.1 Å². The first kappa shape index (κ1) is 19.6. The van der Waals surface area contributed by atoms with Crippen molar-refractivity contribution < 1.29 is 14.6 Å². The third-order valence-corrected chi connectivity index (χ3v) is 5.98. The Morgan fingerprint density at radius 2 is 2.06 bits per heavy atom. The summed E-state index contributed by atoms with van der Waals surface area (Å²) in [7, 11) is 1.65. The molecule has 31 heavy (non-hydrogen) atoms. The van der Waals surface area contributed by atoms with Crippen LogP contribution < -0.4 is 25.2 Å². The number of benzene rings is 1. The average Bonchev–Trinajstić information content (AvgIpc) is 3.34. The molecule has 2 N–H and O–H groups in total. The molecule has 1 fully saturated rings. The molecular formula is C24H26N4O3. The molecule has 1 aliphatic carbocycles. The predicted octanol–water partition coefficient (Wildman–Crippen LogP) is 1.50. The van der Waals surface area contributed by atoms with Gasteiger partial charge in [0.25, 0.3) is 0 Å². The van der Waals surface area contributed by atoms with Crippen molar-refractivity contribution in [1.82, 2.24) is 20.1 Å². The van der Waals surface area contributed by atoms with Crippen LogP contribution in [0, 0.1) is 0 Å². The second-order valence-corrected chi connectivity index (χ2v) is 7.87. The minimum atomic E-state index is -0.310. The van der Waals surface area contributed by atoms with Crippen LogP contribution in [0.4, 0.5) is 0 Å². The maximum Gasteiger partial charge on any atom is 0.161 e. The maximum absolute atomic E-state index is 10.3. The third kappa shape index (κ3) is 3.55. The Kier molecular flexibility index (Phi) is 5.11. The Morgan fingerprint density at radius 1 is 1.19 bits per heavy atom. The van der Waals surface area contributed by atoms with E-state index in [-0.39, 0.29) is 12.1 Å². The Bertz CT molecular complexity index is 1200. The van der Waals surface area contributed by atoms with Crippen molar-refractivity contribution in [3.63, 3.8) is 0 Å². The highest BCUT2D eigenvalue weighted by Gasteiger charge is 2.29. The van der Waals surface area contributed by atoms with Gasteiger partial charge in [0.1, 0.15) is 0 Å². The fraction of sp³-hybridized carbons (Fsp3) is 0.333. The van der Waals surface area contributed by atoms with Crippen LogP contribution in [0.25, 0.3) is 17.1 Å².